The van der Waals surface area contributed by atoms with Crippen LogP contribution >= 0.6 is 0 Å². The molecule has 0 fully saturated rings. The number of allylic oxidation sites excluding steroid dienone is 1. The first kappa shape index (κ1) is 7.52. The maximum absolute atomic E-state index is 4.37. The van der Waals surface area contributed by atoms with Crippen molar-refractivity contribution in [2.45, 2.75) is 33.6 Å². The summed E-state index contributed by atoms with van der Waals surface area (Å²) in [6.07, 6.45) is 2.37. The van der Waals surface area contributed by atoms with Gasteiger partial charge in [0.1, 0.15) is 0 Å². The molecule has 0 spiro atoms. The van der Waals surface area contributed by atoms with Crippen molar-refractivity contribution in [3.8, 4) is 0 Å². The number of nitrogens with zero attached hydrogens (tertiary/aromatic N) is 1. The predicted molar refractivity (Wildman–Crippen MR) is 45.6 cm³/mol. The molecule has 0 aromatic rings. The second-order valence-electron chi connectivity index (χ2n) is 2.80. The molecule has 0 aromatic carbocycles. The van der Waals surface area contributed by atoms with Gasteiger partial charge in [0.2, 0.25) is 0 Å². The number of aliphatic imine (C=N–C) groups is 1. The number of hydrogen-bond donors (Lipinski definition) is 0. The first-order chi connectivity index (χ1) is 4.75. The Morgan fingerprint density at radius 1 is 1.40 bits per heavy atom. The lowest BCUT2D eigenvalue weighted by Gasteiger charge is -2.14. The van der Waals surface area contributed by atoms with Crippen molar-refractivity contribution in [2.75, 3.05) is 6.54 Å². The van der Waals surface area contributed by atoms with E-state index in [1.165, 1.54) is 24.1 Å². The molecule has 1 nitrogen and oxygen atoms in total. The minimum Gasteiger partial charge on any atom is -0.289 e. The topological polar surface area (TPSA) is 12.4 Å². The van der Waals surface area contributed by atoms with Gasteiger partial charge in [0.15, 0.2) is 0 Å². The van der Waals surface area contributed by atoms with E-state index in [-0.39, 0.29) is 0 Å². The lowest BCUT2D eigenvalue weighted by Crippen LogP contribution is -2.06. The van der Waals surface area contributed by atoms with Gasteiger partial charge in [-0.1, -0.05) is 12.5 Å². The largest absolute Gasteiger partial charge is 0.289 e. The van der Waals surface area contributed by atoms with Crippen molar-refractivity contribution >= 4 is 5.71 Å². The maximum Gasteiger partial charge on any atom is 0.0429 e. The fourth-order valence-electron chi connectivity index (χ4n) is 1.36. The zero-order chi connectivity index (χ0) is 7.56. The third-order valence-corrected chi connectivity index (χ3v) is 2.26. The van der Waals surface area contributed by atoms with Gasteiger partial charge in [-0.2, -0.15) is 0 Å². The van der Waals surface area contributed by atoms with Crippen LogP contribution in [-0.4, -0.2) is 12.3 Å². The molecule has 0 atom stereocenters. The van der Waals surface area contributed by atoms with E-state index in [2.05, 4.69) is 25.8 Å². The molecule has 0 amide bonds. The Morgan fingerprint density at radius 3 is 2.60 bits per heavy atom. The van der Waals surface area contributed by atoms with Gasteiger partial charge < -0.3 is 0 Å². The summed E-state index contributed by atoms with van der Waals surface area (Å²) in [5.74, 6) is 0. The Balaban J connectivity index is 2.85. The predicted octanol–water partition coefficient (Wildman–Crippen LogP) is 2.58. The third-order valence-electron chi connectivity index (χ3n) is 2.26. The minimum atomic E-state index is 1.01. The standard InChI is InChI=1S/C9H15N/c1-4-9-5-6-10-8(3)7(9)2/h4-6H2,1-3H3. The first-order valence-corrected chi connectivity index (χ1v) is 3.95. The summed E-state index contributed by atoms with van der Waals surface area (Å²) in [4.78, 5) is 4.37. The highest BCUT2D eigenvalue weighted by molar-refractivity contribution is 5.98. The monoisotopic (exact) mass is 137 g/mol. The quantitative estimate of drug-likeness (QED) is 0.526. The lowest BCUT2D eigenvalue weighted by atomic mass is 9.98. The third kappa shape index (κ3) is 1.28. The van der Waals surface area contributed by atoms with Crippen molar-refractivity contribution in [1.29, 1.82) is 0 Å². The van der Waals surface area contributed by atoms with Crippen molar-refractivity contribution < 1.29 is 0 Å². The average molecular weight is 137 g/mol. The molecule has 1 aliphatic heterocycles. The van der Waals surface area contributed by atoms with Crippen LogP contribution in [0, 0.1) is 0 Å². The van der Waals surface area contributed by atoms with Crippen molar-refractivity contribution in [3.05, 3.63) is 11.1 Å². The fraction of sp³-hybridized carbons (Fsp3) is 0.667. The van der Waals surface area contributed by atoms with Gasteiger partial charge >= 0.3 is 0 Å². The van der Waals surface area contributed by atoms with E-state index in [0.29, 0.717) is 0 Å². The molecule has 56 valence electrons. The first-order valence-electron chi connectivity index (χ1n) is 3.95. The molecule has 0 aliphatic carbocycles. The zero-order valence-corrected chi connectivity index (χ0v) is 7.07. The maximum atomic E-state index is 4.37. The molecule has 0 N–H and O–H groups in total. The van der Waals surface area contributed by atoms with Gasteiger partial charge in [0.05, 0.1) is 0 Å². The summed E-state index contributed by atoms with van der Waals surface area (Å²) in [6.45, 7) is 7.50. The lowest BCUT2D eigenvalue weighted by molar-refractivity contribution is 0.863. The Labute approximate surface area is 62.9 Å². The summed E-state index contributed by atoms with van der Waals surface area (Å²) in [6, 6.07) is 0. The smallest absolute Gasteiger partial charge is 0.0429 e. The van der Waals surface area contributed by atoms with Crippen molar-refractivity contribution in [3.63, 3.8) is 0 Å². The van der Waals surface area contributed by atoms with Crippen LogP contribution in [0.15, 0.2) is 16.1 Å². The molecule has 1 heterocycles. The van der Waals surface area contributed by atoms with Crippen molar-refractivity contribution in [1.82, 2.24) is 0 Å². The van der Waals surface area contributed by atoms with Gasteiger partial charge in [-0.3, -0.25) is 4.99 Å². The van der Waals surface area contributed by atoms with Crippen molar-refractivity contribution in [2.24, 2.45) is 4.99 Å². The van der Waals surface area contributed by atoms with Gasteiger partial charge in [-0.05, 0) is 32.3 Å². The minimum absolute atomic E-state index is 1.01. The van der Waals surface area contributed by atoms with E-state index >= 15 is 0 Å². The summed E-state index contributed by atoms with van der Waals surface area (Å²) in [5.41, 5.74) is 4.25. The Bertz CT molecular complexity index is 187. The summed E-state index contributed by atoms with van der Waals surface area (Å²) >= 11 is 0. The molecule has 1 heteroatoms. The highest BCUT2D eigenvalue weighted by Gasteiger charge is 2.07. The summed E-state index contributed by atoms with van der Waals surface area (Å²) in [5, 5.41) is 0. The van der Waals surface area contributed by atoms with Gasteiger partial charge in [0.25, 0.3) is 0 Å². The van der Waals surface area contributed by atoms with Crippen LogP contribution in [0.1, 0.15) is 33.6 Å². The fourth-order valence-corrected chi connectivity index (χ4v) is 1.36. The van der Waals surface area contributed by atoms with Crippen LogP contribution in [0.5, 0.6) is 0 Å². The molecule has 1 rings (SSSR count). The van der Waals surface area contributed by atoms with E-state index in [1.807, 2.05) is 0 Å². The molecule has 0 bridgehead atoms. The summed E-state index contributed by atoms with van der Waals surface area (Å²) < 4.78 is 0. The van der Waals surface area contributed by atoms with Crippen LogP contribution in [0.4, 0.5) is 0 Å². The van der Waals surface area contributed by atoms with E-state index in [9.17, 15) is 0 Å². The average Bonchev–Trinajstić information content (AvgIpc) is 1.95. The normalized spacial score (nSPS) is 19.3. The molecular weight excluding hydrogens is 122 g/mol. The number of dihydropyridines is 1. The van der Waals surface area contributed by atoms with Gasteiger partial charge in [-0.25, -0.2) is 0 Å². The molecule has 10 heavy (non-hydrogen) atoms. The highest BCUT2D eigenvalue weighted by atomic mass is 14.7. The zero-order valence-electron chi connectivity index (χ0n) is 7.07. The van der Waals surface area contributed by atoms with E-state index in [0.717, 1.165) is 6.54 Å². The van der Waals surface area contributed by atoms with E-state index < -0.39 is 0 Å². The van der Waals surface area contributed by atoms with Crippen LogP contribution < -0.4 is 0 Å². The molecule has 0 saturated carbocycles. The molecule has 0 aromatic heterocycles. The Kier molecular flexibility index (Phi) is 2.25. The van der Waals surface area contributed by atoms with E-state index in [1.54, 1.807) is 5.57 Å². The molecule has 1 aliphatic rings. The second kappa shape index (κ2) is 3.00. The number of rotatable bonds is 1. The van der Waals surface area contributed by atoms with Gasteiger partial charge in [-0.15, -0.1) is 0 Å². The van der Waals surface area contributed by atoms with Crippen LogP contribution in [0.25, 0.3) is 0 Å². The SMILES string of the molecule is CCC1=C(C)C(C)=NCC1. The van der Waals surface area contributed by atoms with Crippen LogP contribution in [0.2, 0.25) is 0 Å². The molecule has 0 radical (unpaired) electrons. The Hall–Kier alpha value is -0.590. The molecular formula is C9H15N. The molecule has 0 saturated heterocycles. The van der Waals surface area contributed by atoms with E-state index in [4.69, 9.17) is 0 Å². The van der Waals surface area contributed by atoms with Gasteiger partial charge in [0, 0.05) is 12.3 Å². The highest BCUT2D eigenvalue weighted by Crippen LogP contribution is 2.18. The number of hydrogen-bond acceptors (Lipinski definition) is 1. The second-order valence-corrected chi connectivity index (χ2v) is 2.80. The summed E-state index contributed by atoms with van der Waals surface area (Å²) in [7, 11) is 0. The Morgan fingerprint density at radius 2 is 2.10 bits per heavy atom. The van der Waals surface area contributed by atoms with Crippen LogP contribution in [0.3, 0.4) is 0 Å². The molecule has 0 unspecified atom stereocenters. The van der Waals surface area contributed by atoms with Crippen LogP contribution in [-0.2, 0) is 0 Å².